The van der Waals surface area contributed by atoms with E-state index >= 15 is 0 Å². The maximum atomic E-state index is 6.73. The van der Waals surface area contributed by atoms with E-state index in [0.29, 0.717) is 0 Å². The Morgan fingerprint density at radius 2 is 1.49 bits per heavy atom. The van der Waals surface area contributed by atoms with E-state index in [9.17, 15) is 0 Å². The Bertz CT molecular complexity index is 1540. The number of aromatic nitrogens is 4. The molecule has 0 bridgehead atoms. The van der Waals surface area contributed by atoms with Gasteiger partial charge in [-0.05, 0) is 24.6 Å². The Kier molecular flexibility index (Phi) is 5.17. The summed E-state index contributed by atoms with van der Waals surface area (Å²) in [5.74, 6) is 1.82. The third kappa shape index (κ3) is 3.83. The predicted octanol–water partition coefficient (Wildman–Crippen LogP) is 6.78. The fourth-order valence-corrected chi connectivity index (χ4v) is 4.69. The number of furan rings is 1. The van der Waals surface area contributed by atoms with Gasteiger partial charge in [-0.25, -0.2) is 19.1 Å². The number of aryl methyl sites for hydroxylation is 3. The van der Waals surface area contributed by atoms with Crippen LogP contribution in [0.15, 0.2) is 53.2 Å². The van der Waals surface area contributed by atoms with Crippen LogP contribution < -0.4 is 4.57 Å². The monoisotopic (exact) mass is 467 g/mol. The van der Waals surface area contributed by atoms with Crippen molar-refractivity contribution in [3.8, 4) is 22.8 Å². The minimum absolute atomic E-state index is 0.0922. The molecule has 35 heavy (non-hydrogen) atoms. The van der Waals surface area contributed by atoms with Crippen molar-refractivity contribution in [1.29, 1.82) is 0 Å². The van der Waals surface area contributed by atoms with Crippen molar-refractivity contribution in [2.75, 3.05) is 0 Å². The van der Waals surface area contributed by atoms with Gasteiger partial charge in [-0.1, -0.05) is 65.8 Å². The van der Waals surface area contributed by atoms with Gasteiger partial charge in [0.2, 0.25) is 0 Å². The number of nitrogens with zero attached hydrogens (tertiary/aromatic N) is 4. The molecule has 0 spiro atoms. The Balaban J connectivity index is 1.84. The molecule has 0 amide bonds. The summed E-state index contributed by atoms with van der Waals surface area (Å²) in [5.41, 5.74) is 6.83. The van der Waals surface area contributed by atoms with Gasteiger partial charge in [-0.15, -0.1) is 0 Å². The van der Waals surface area contributed by atoms with Crippen LogP contribution in [0.5, 0.6) is 0 Å². The Morgan fingerprint density at radius 3 is 2.06 bits per heavy atom. The lowest BCUT2D eigenvalue weighted by molar-refractivity contribution is -0.659. The molecule has 3 aromatic heterocycles. The first kappa shape index (κ1) is 23.3. The van der Waals surface area contributed by atoms with Crippen LogP contribution >= 0.6 is 0 Å². The van der Waals surface area contributed by atoms with E-state index in [1.807, 2.05) is 0 Å². The van der Waals surface area contributed by atoms with Gasteiger partial charge in [0.15, 0.2) is 11.4 Å². The number of hydrogen-bond donors (Lipinski definition) is 0. The van der Waals surface area contributed by atoms with E-state index in [1.165, 1.54) is 5.56 Å². The highest BCUT2D eigenvalue weighted by atomic mass is 16.3. The van der Waals surface area contributed by atoms with Crippen molar-refractivity contribution in [3.63, 3.8) is 0 Å². The minimum Gasteiger partial charge on any atom is -0.454 e. The van der Waals surface area contributed by atoms with Crippen LogP contribution in [-0.4, -0.2) is 14.5 Å². The lowest BCUT2D eigenvalue weighted by Crippen LogP contribution is -2.29. The second kappa shape index (κ2) is 7.77. The molecule has 0 aliphatic rings. The van der Waals surface area contributed by atoms with E-state index in [2.05, 4.69) is 120 Å². The molecule has 5 aromatic rings. The molecule has 5 heteroatoms. The van der Waals surface area contributed by atoms with Crippen molar-refractivity contribution in [3.05, 3.63) is 65.7 Å². The summed E-state index contributed by atoms with van der Waals surface area (Å²) in [4.78, 5) is 10.1. The molecule has 5 nitrogen and oxygen atoms in total. The second-order valence-electron chi connectivity index (χ2n) is 11.7. The molecule has 0 radical (unpaired) electrons. The normalized spacial score (nSPS) is 12.7. The van der Waals surface area contributed by atoms with Crippen LogP contribution in [-0.2, 0) is 24.9 Å². The highest BCUT2D eigenvalue weighted by Gasteiger charge is 2.27. The molecule has 0 aliphatic carbocycles. The van der Waals surface area contributed by atoms with Crippen molar-refractivity contribution in [2.24, 2.45) is 14.1 Å². The first-order chi connectivity index (χ1) is 16.4. The van der Waals surface area contributed by atoms with Gasteiger partial charge in [0.05, 0.1) is 31.0 Å². The second-order valence-corrected chi connectivity index (χ2v) is 11.7. The highest BCUT2D eigenvalue weighted by Crippen LogP contribution is 2.40. The van der Waals surface area contributed by atoms with Gasteiger partial charge in [-0.3, -0.25) is 0 Å². The number of hydrogen-bond acceptors (Lipinski definition) is 3. The lowest BCUT2D eigenvalue weighted by Gasteiger charge is -2.24. The summed E-state index contributed by atoms with van der Waals surface area (Å²) >= 11 is 0. The summed E-state index contributed by atoms with van der Waals surface area (Å²) in [7, 11) is 4.14. The molecule has 0 atom stereocenters. The van der Waals surface area contributed by atoms with Crippen LogP contribution in [0.25, 0.3) is 44.7 Å². The summed E-state index contributed by atoms with van der Waals surface area (Å²) in [6.45, 7) is 15.3. The molecular formula is C30H35N4O+. The van der Waals surface area contributed by atoms with Gasteiger partial charge in [0.25, 0.3) is 5.82 Å². The number of benzene rings is 2. The van der Waals surface area contributed by atoms with Gasteiger partial charge < -0.3 is 4.42 Å². The van der Waals surface area contributed by atoms with E-state index in [4.69, 9.17) is 14.4 Å². The van der Waals surface area contributed by atoms with E-state index in [0.717, 1.165) is 56.1 Å². The number of rotatable bonds is 2. The highest BCUT2D eigenvalue weighted by molar-refractivity contribution is 6.12. The summed E-state index contributed by atoms with van der Waals surface area (Å²) in [6, 6.07) is 12.8. The largest absolute Gasteiger partial charge is 0.454 e. The quantitative estimate of drug-likeness (QED) is 0.269. The summed E-state index contributed by atoms with van der Waals surface area (Å²) in [5, 5.41) is 2.18. The van der Waals surface area contributed by atoms with Gasteiger partial charge in [0, 0.05) is 21.6 Å². The third-order valence-electron chi connectivity index (χ3n) is 6.78. The Hall–Kier alpha value is -3.47. The van der Waals surface area contributed by atoms with Crippen molar-refractivity contribution < 1.29 is 8.98 Å². The molecule has 180 valence electrons. The third-order valence-corrected chi connectivity index (χ3v) is 6.78. The maximum absolute atomic E-state index is 6.73. The molecular weight excluding hydrogens is 432 g/mol. The average Bonchev–Trinajstić information content (AvgIpc) is 3.32. The van der Waals surface area contributed by atoms with Crippen LogP contribution in [0.4, 0.5) is 0 Å². The van der Waals surface area contributed by atoms with Gasteiger partial charge in [0.1, 0.15) is 23.5 Å². The minimum atomic E-state index is -0.0922. The standard InChI is InChI=1S/C30H35N4O/c1-18-13-14-20-19-11-10-12-21(25(19)35-26(20)24(18)28-33(8)15-16-34(28)9)27-31-22(29(2,3)4)17-23(32-27)30(5,6)7/h10-17H,1-9H3/q+1. The first-order valence-corrected chi connectivity index (χ1v) is 12.2. The van der Waals surface area contributed by atoms with Crippen molar-refractivity contribution in [2.45, 2.75) is 59.3 Å². The molecule has 0 unspecified atom stereocenters. The fraction of sp³-hybridized carbons (Fsp3) is 0.367. The number of imidazole rings is 1. The molecule has 0 saturated heterocycles. The average molecular weight is 468 g/mol. The van der Waals surface area contributed by atoms with Crippen molar-refractivity contribution >= 4 is 21.9 Å². The molecule has 3 heterocycles. The molecule has 0 N–H and O–H groups in total. The first-order valence-electron chi connectivity index (χ1n) is 12.2. The SMILES string of the molecule is Cc1ccc2c(oc3c(-c4nc(C(C)(C)C)cc(C(C)(C)C)n4)cccc32)c1-c1n(C)cc[n+]1C. The summed E-state index contributed by atoms with van der Waals surface area (Å²) in [6.07, 6.45) is 4.14. The topological polar surface area (TPSA) is 47.7 Å². The van der Waals surface area contributed by atoms with Crippen LogP contribution in [0.2, 0.25) is 0 Å². The molecule has 0 fully saturated rings. The lowest BCUT2D eigenvalue weighted by atomic mass is 9.86. The van der Waals surface area contributed by atoms with Gasteiger partial charge in [-0.2, -0.15) is 0 Å². The number of fused-ring (bicyclic) bond motifs is 3. The zero-order valence-corrected chi connectivity index (χ0v) is 22.3. The fourth-order valence-electron chi connectivity index (χ4n) is 4.69. The summed E-state index contributed by atoms with van der Waals surface area (Å²) < 4.78 is 11.0. The predicted molar refractivity (Wildman–Crippen MR) is 142 cm³/mol. The Morgan fingerprint density at radius 1 is 0.857 bits per heavy atom. The number of para-hydroxylation sites is 1. The molecule has 5 rings (SSSR count). The maximum Gasteiger partial charge on any atom is 0.292 e. The molecule has 2 aromatic carbocycles. The van der Waals surface area contributed by atoms with E-state index in [-0.39, 0.29) is 10.8 Å². The van der Waals surface area contributed by atoms with Crippen LogP contribution in [0, 0.1) is 6.92 Å². The zero-order valence-electron chi connectivity index (χ0n) is 22.3. The smallest absolute Gasteiger partial charge is 0.292 e. The van der Waals surface area contributed by atoms with E-state index < -0.39 is 0 Å². The van der Waals surface area contributed by atoms with Gasteiger partial charge >= 0.3 is 0 Å². The molecule has 0 saturated carbocycles. The molecule has 0 aliphatic heterocycles. The van der Waals surface area contributed by atoms with Crippen LogP contribution in [0.3, 0.4) is 0 Å². The van der Waals surface area contributed by atoms with Crippen LogP contribution in [0.1, 0.15) is 58.5 Å². The zero-order chi connectivity index (χ0) is 25.3. The van der Waals surface area contributed by atoms with Crippen molar-refractivity contribution in [1.82, 2.24) is 14.5 Å². The van der Waals surface area contributed by atoms with E-state index in [1.54, 1.807) is 0 Å². The Labute approximate surface area is 207 Å².